The molecule has 0 saturated heterocycles. The van der Waals surface area contributed by atoms with E-state index in [1.54, 1.807) is 30.9 Å². The van der Waals surface area contributed by atoms with E-state index in [4.69, 9.17) is 4.98 Å². The standard InChI is InChI=1S/C25H19FN8O2S/c1-37(35,36)30-8-14-4-15(6-17(26)5-14)19-11-27-12-23-18(19)7-22(31-23)25-24-21(33-34-25)3-2-20(32-24)16-9-28-13-29-10-16/h2-7,9-13,30-31H,8H2,1H3,(H,33,34). The van der Waals surface area contributed by atoms with E-state index >= 15 is 0 Å². The van der Waals surface area contributed by atoms with Crippen LogP contribution >= 0.6 is 0 Å². The zero-order valence-electron chi connectivity index (χ0n) is 19.4. The van der Waals surface area contributed by atoms with E-state index in [9.17, 15) is 12.8 Å². The van der Waals surface area contributed by atoms with Gasteiger partial charge in [0.1, 0.15) is 23.4 Å². The van der Waals surface area contributed by atoms with Gasteiger partial charge in [-0.15, -0.1) is 0 Å². The topological polar surface area (TPSA) is 142 Å². The molecular weight excluding hydrogens is 495 g/mol. The fraction of sp³-hybridized carbons (Fsp3) is 0.0800. The second-order valence-corrected chi connectivity index (χ2v) is 10.4. The monoisotopic (exact) mass is 514 g/mol. The molecule has 0 saturated carbocycles. The first-order chi connectivity index (χ1) is 17.8. The van der Waals surface area contributed by atoms with Crippen LogP contribution in [0.1, 0.15) is 5.56 Å². The SMILES string of the molecule is CS(=O)(=O)NCc1cc(F)cc(-c2cncc3[nH]c(-c4n[nH]c5ccc(-c6cncnc6)nc45)cc23)c1. The molecular formula is C25H19FN8O2S. The summed E-state index contributed by atoms with van der Waals surface area (Å²) in [7, 11) is -3.42. The molecule has 0 aliphatic heterocycles. The first-order valence-electron chi connectivity index (χ1n) is 11.2. The highest BCUT2D eigenvalue weighted by molar-refractivity contribution is 7.88. The van der Waals surface area contributed by atoms with E-state index in [1.165, 1.54) is 18.5 Å². The number of aromatic nitrogens is 7. The van der Waals surface area contributed by atoms with Crippen LogP contribution in [-0.2, 0) is 16.6 Å². The molecule has 184 valence electrons. The normalized spacial score (nSPS) is 11.9. The molecule has 0 unspecified atom stereocenters. The van der Waals surface area contributed by atoms with Gasteiger partial charge in [0.25, 0.3) is 0 Å². The van der Waals surface area contributed by atoms with Crippen molar-refractivity contribution in [2.45, 2.75) is 6.54 Å². The van der Waals surface area contributed by atoms with Gasteiger partial charge in [0.2, 0.25) is 10.0 Å². The minimum atomic E-state index is -3.42. The molecule has 1 aromatic carbocycles. The lowest BCUT2D eigenvalue weighted by Crippen LogP contribution is -2.21. The summed E-state index contributed by atoms with van der Waals surface area (Å²) in [6.45, 7) is -0.0227. The summed E-state index contributed by atoms with van der Waals surface area (Å²) in [6, 6.07) is 10.1. The Labute approximate surface area is 210 Å². The minimum Gasteiger partial charge on any atom is -0.352 e. The lowest BCUT2D eigenvalue weighted by Gasteiger charge is -2.08. The molecule has 12 heteroatoms. The van der Waals surface area contributed by atoms with E-state index in [0.29, 0.717) is 39.3 Å². The van der Waals surface area contributed by atoms with Crippen molar-refractivity contribution in [2.75, 3.05) is 6.26 Å². The summed E-state index contributed by atoms with van der Waals surface area (Å²) in [5.41, 5.74) is 6.75. The van der Waals surface area contributed by atoms with E-state index in [1.807, 2.05) is 18.2 Å². The van der Waals surface area contributed by atoms with Gasteiger partial charge >= 0.3 is 0 Å². The number of hydrogen-bond donors (Lipinski definition) is 3. The highest BCUT2D eigenvalue weighted by Crippen LogP contribution is 2.34. The summed E-state index contributed by atoms with van der Waals surface area (Å²) >= 11 is 0. The summed E-state index contributed by atoms with van der Waals surface area (Å²) in [5.74, 6) is -0.476. The average Bonchev–Trinajstić information content (AvgIpc) is 3.51. The number of fused-ring (bicyclic) bond motifs is 2. The number of rotatable bonds is 6. The molecule has 0 aliphatic carbocycles. The fourth-order valence-electron chi connectivity index (χ4n) is 4.21. The van der Waals surface area contributed by atoms with Crippen molar-refractivity contribution >= 4 is 32.0 Å². The maximum Gasteiger partial charge on any atom is 0.209 e. The van der Waals surface area contributed by atoms with Gasteiger partial charge in [-0.1, -0.05) is 0 Å². The third-order valence-corrected chi connectivity index (χ3v) is 6.54. The van der Waals surface area contributed by atoms with Gasteiger partial charge in [0, 0.05) is 41.6 Å². The number of hydrogen-bond acceptors (Lipinski definition) is 7. The molecule has 0 aliphatic rings. The Kier molecular flexibility index (Phi) is 5.46. The number of sulfonamides is 1. The van der Waals surface area contributed by atoms with Crippen molar-refractivity contribution < 1.29 is 12.8 Å². The zero-order chi connectivity index (χ0) is 25.6. The number of halogens is 1. The Morgan fingerprint density at radius 2 is 1.78 bits per heavy atom. The molecule has 0 amide bonds. The number of nitrogens with zero attached hydrogens (tertiary/aromatic N) is 5. The van der Waals surface area contributed by atoms with Crippen LogP contribution in [0.25, 0.3) is 55.7 Å². The molecule has 5 aromatic heterocycles. The lowest BCUT2D eigenvalue weighted by molar-refractivity contribution is 0.586. The second-order valence-electron chi connectivity index (χ2n) is 8.56. The molecule has 0 atom stereocenters. The molecule has 0 spiro atoms. The van der Waals surface area contributed by atoms with Crippen LogP contribution in [0.3, 0.4) is 0 Å². The second kappa shape index (κ2) is 8.84. The van der Waals surface area contributed by atoms with Gasteiger partial charge in [-0.25, -0.2) is 32.5 Å². The Morgan fingerprint density at radius 3 is 2.59 bits per heavy atom. The molecule has 10 nitrogen and oxygen atoms in total. The Morgan fingerprint density at radius 1 is 0.946 bits per heavy atom. The molecule has 0 radical (unpaired) electrons. The van der Waals surface area contributed by atoms with Crippen molar-refractivity contribution in [2.24, 2.45) is 0 Å². The van der Waals surface area contributed by atoms with Crippen LogP contribution in [0.4, 0.5) is 4.39 Å². The molecule has 5 heterocycles. The first kappa shape index (κ1) is 22.9. The highest BCUT2D eigenvalue weighted by atomic mass is 32.2. The largest absolute Gasteiger partial charge is 0.352 e. The third-order valence-electron chi connectivity index (χ3n) is 5.87. The van der Waals surface area contributed by atoms with Crippen LogP contribution in [0.15, 0.2) is 67.5 Å². The quantitative estimate of drug-likeness (QED) is 0.307. The van der Waals surface area contributed by atoms with E-state index in [2.05, 4.69) is 34.9 Å². The predicted molar refractivity (Wildman–Crippen MR) is 137 cm³/mol. The molecule has 0 bridgehead atoms. The van der Waals surface area contributed by atoms with Crippen molar-refractivity contribution in [3.8, 4) is 33.8 Å². The fourth-order valence-corrected chi connectivity index (χ4v) is 4.64. The average molecular weight is 515 g/mol. The molecule has 6 rings (SSSR count). The number of nitrogens with one attached hydrogen (secondary N) is 3. The predicted octanol–water partition coefficient (Wildman–Crippen LogP) is 3.81. The van der Waals surface area contributed by atoms with E-state index in [0.717, 1.165) is 28.2 Å². The van der Waals surface area contributed by atoms with Gasteiger partial charge in [-0.05, 0) is 47.5 Å². The molecule has 3 N–H and O–H groups in total. The smallest absolute Gasteiger partial charge is 0.209 e. The first-order valence-corrected chi connectivity index (χ1v) is 13.1. The summed E-state index contributed by atoms with van der Waals surface area (Å²) in [5, 5.41) is 8.30. The third kappa shape index (κ3) is 4.55. The highest BCUT2D eigenvalue weighted by Gasteiger charge is 2.16. The van der Waals surface area contributed by atoms with Gasteiger partial charge in [0.15, 0.2) is 0 Å². The van der Waals surface area contributed by atoms with E-state index < -0.39 is 15.8 Å². The van der Waals surface area contributed by atoms with Crippen molar-refractivity contribution in [1.29, 1.82) is 0 Å². The van der Waals surface area contributed by atoms with Crippen LogP contribution in [0, 0.1) is 5.82 Å². The number of aromatic amines is 2. The van der Waals surface area contributed by atoms with Crippen LogP contribution in [-0.4, -0.2) is 49.8 Å². The molecule has 0 fully saturated rings. The van der Waals surface area contributed by atoms with Gasteiger partial charge in [-0.3, -0.25) is 10.1 Å². The summed E-state index contributed by atoms with van der Waals surface area (Å²) in [6.07, 6.45) is 9.25. The Balaban J connectivity index is 1.44. The maximum absolute atomic E-state index is 14.5. The number of pyridine rings is 2. The van der Waals surface area contributed by atoms with Crippen molar-refractivity contribution in [1.82, 2.24) is 39.8 Å². The number of benzene rings is 1. The van der Waals surface area contributed by atoms with Gasteiger partial charge in [0.05, 0.1) is 34.9 Å². The maximum atomic E-state index is 14.5. The molecule has 6 aromatic rings. The van der Waals surface area contributed by atoms with Gasteiger partial charge < -0.3 is 4.98 Å². The Bertz CT molecular complexity index is 1880. The summed E-state index contributed by atoms with van der Waals surface area (Å²) < 4.78 is 39.9. The van der Waals surface area contributed by atoms with E-state index in [-0.39, 0.29) is 6.54 Å². The minimum absolute atomic E-state index is 0.0227. The van der Waals surface area contributed by atoms with Crippen molar-refractivity contribution in [3.63, 3.8) is 0 Å². The zero-order valence-corrected chi connectivity index (χ0v) is 20.2. The summed E-state index contributed by atoms with van der Waals surface area (Å²) in [4.78, 5) is 20.6. The van der Waals surface area contributed by atoms with Crippen LogP contribution in [0.2, 0.25) is 0 Å². The Hall–Kier alpha value is -4.55. The van der Waals surface area contributed by atoms with Crippen LogP contribution < -0.4 is 4.72 Å². The van der Waals surface area contributed by atoms with Crippen LogP contribution in [0.5, 0.6) is 0 Å². The van der Waals surface area contributed by atoms with Crippen molar-refractivity contribution in [3.05, 3.63) is 78.9 Å². The number of H-pyrrole nitrogens is 2. The molecule has 37 heavy (non-hydrogen) atoms. The lowest BCUT2D eigenvalue weighted by atomic mass is 10.0. The van der Waals surface area contributed by atoms with Gasteiger partial charge in [-0.2, -0.15) is 5.10 Å².